The lowest BCUT2D eigenvalue weighted by Crippen LogP contribution is -2.49. The van der Waals surface area contributed by atoms with E-state index in [4.69, 9.17) is 4.74 Å². The van der Waals surface area contributed by atoms with E-state index in [1.165, 1.54) is 32.1 Å². The third kappa shape index (κ3) is 4.48. The van der Waals surface area contributed by atoms with Gasteiger partial charge in [-0.25, -0.2) is 0 Å². The Labute approximate surface area is 120 Å². The van der Waals surface area contributed by atoms with Crippen LogP contribution in [0.3, 0.4) is 0 Å². The molecule has 0 spiro atoms. The third-order valence-electron chi connectivity index (χ3n) is 4.24. The molecule has 0 N–H and O–H groups in total. The minimum atomic E-state index is 0.407. The predicted molar refractivity (Wildman–Crippen MR) is 79.5 cm³/mol. The summed E-state index contributed by atoms with van der Waals surface area (Å²) < 4.78 is 5.92. The third-order valence-corrected chi connectivity index (χ3v) is 4.60. The first kappa shape index (κ1) is 14.8. The lowest BCUT2D eigenvalue weighted by molar-refractivity contribution is -0.0425. The molecule has 0 amide bonds. The fourth-order valence-electron chi connectivity index (χ4n) is 3.22. The second kappa shape index (κ2) is 7.83. The summed E-state index contributed by atoms with van der Waals surface area (Å²) in [6, 6.07) is 0.798. The second-order valence-corrected chi connectivity index (χ2v) is 6.52. The SMILES string of the molecule is CN1CCOC(CN(CCBr)C2CCCCC2)C1. The maximum atomic E-state index is 5.92. The Balaban J connectivity index is 1.84. The highest BCUT2D eigenvalue weighted by atomic mass is 79.9. The second-order valence-electron chi connectivity index (χ2n) is 5.73. The van der Waals surface area contributed by atoms with Crippen LogP contribution in [0.2, 0.25) is 0 Å². The maximum absolute atomic E-state index is 5.92. The minimum Gasteiger partial charge on any atom is -0.374 e. The van der Waals surface area contributed by atoms with Crippen LogP contribution in [0.4, 0.5) is 0 Å². The van der Waals surface area contributed by atoms with E-state index in [1.807, 2.05) is 0 Å². The molecule has 0 bridgehead atoms. The van der Waals surface area contributed by atoms with Crippen LogP contribution in [0.1, 0.15) is 32.1 Å². The molecule has 1 unspecified atom stereocenters. The van der Waals surface area contributed by atoms with Crippen LogP contribution in [0, 0.1) is 0 Å². The van der Waals surface area contributed by atoms with Crippen molar-refractivity contribution in [1.29, 1.82) is 0 Å². The molecule has 4 heteroatoms. The largest absolute Gasteiger partial charge is 0.374 e. The van der Waals surface area contributed by atoms with Crippen LogP contribution in [-0.2, 0) is 4.74 Å². The highest BCUT2D eigenvalue weighted by Crippen LogP contribution is 2.23. The van der Waals surface area contributed by atoms with Crippen LogP contribution in [0.25, 0.3) is 0 Å². The lowest BCUT2D eigenvalue weighted by Gasteiger charge is -2.38. The van der Waals surface area contributed by atoms with Gasteiger partial charge in [-0.1, -0.05) is 35.2 Å². The van der Waals surface area contributed by atoms with Crippen molar-refractivity contribution in [2.75, 3.05) is 45.2 Å². The Hall–Kier alpha value is 0.360. The van der Waals surface area contributed by atoms with Crippen LogP contribution in [0.5, 0.6) is 0 Å². The van der Waals surface area contributed by atoms with Crippen molar-refractivity contribution in [3.8, 4) is 0 Å². The summed E-state index contributed by atoms with van der Waals surface area (Å²) >= 11 is 3.60. The fourth-order valence-corrected chi connectivity index (χ4v) is 3.67. The summed E-state index contributed by atoms with van der Waals surface area (Å²) in [7, 11) is 2.20. The van der Waals surface area contributed by atoms with Crippen molar-refractivity contribution in [2.45, 2.75) is 44.2 Å². The zero-order valence-electron chi connectivity index (χ0n) is 11.6. The standard InChI is InChI=1S/C14H27BrN2O/c1-16-9-10-18-14(11-16)12-17(8-7-15)13-5-3-2-4-6-13/h13-14H,2-12H2,1H3. The first-order valence-corrected chi connectivity index (χ1v) is 8.52. The molecule has 1 aliphatic carbocycles. The van der Waals surface area contributed by atoms with Gasteiger partial charge in [-0.15, -0.1) is 0 Å². The van der Waals surface area contributed by atoms with Crippen molar-refractivity contribution in [3.63, 3.8) is 0 Å². The summed E-state index contributed by atoms with van der Waals surface area (Å²) in [6.45, 7) is 5.34. The zero-order valence-corrected chi connectivity index (χ0v) is 13.2. The van der Waals surface area contributed by atoms with E-state index < -0.39 is 0 Å². The molecule has 2 fully saturated rings. The molecule has 1 aliphatic heterocycles. The first-order valence-electron chi connectivity index (χ1n) is 7.39. The lowest BCUT2D eigenvalue weighted by atomic mass is 9.94. The summed E-state index contributed by atoms with van der Waals surface area (Å²) in [5.74, 6) is 0. The van der Waals surface area contributed by atoms with Gasteiger partial charge in [0.2, 0.25) is 0 Å². The molecule has 0 aromatic rings. The first-order chi connectivity index (χ1) is 8.79. The van der Waals surface area contributed by atoms with Gasteiger partial charge in [0.1, 0.15) is 0 Å². The molecule has 1 atom stereocenters. The van der Waals surface area contributed by atoms with Gasteiger partial charge in [-0.2, -0.15) is 0 Å². The molecule has 18 heavy (non-hydrogen) atoms. The molecule has 0 aromatic heterocycles. The molecule has 1 saturated heterocycles. The molecule has 2 rings (SSSR count). The number of alkyl halides is 1. The van der Waals surface area contributed by atoms with Gasteiger partial charge in [0, 0.05) is 37.6 Å². The predicted octanol–water partition coefficient (Wildman–Crippen LogP) is 2.35. The van der Waals surface area contributed by atoms with Crippen molar-refractivity contribution in [2.24, 2.45) is 0 Å². The summed E-state index contributed by atoms with van der Waals surface area (Å²) in [5, 5.41) is 1.08. The normalized spacial score (nSPS) is 27.8. The summed E-state index contributed by atoms with van der Waals surface area (Å²) in [6.07, 6.45) is 7.43. The molecular weight excluding hydrogens is 292 g/mol. The number of halogens is 1. The van der Waals surface area contributed by atoms with Crippen molar-refractivity contribution in [1.82, 2.24) is 9.80 Å². The monoisotopic (exact) mass is 318 g/mol. The number of likely N-dealkylation sites (N-methyl/N-ethyl adjacent to an activating group) is 1. The van der Waals surface area contributed by atoms with Crippen LogP contribution in [0.15, 0.2) is 0 Å². The van der Waals surface area contributed by atoms with Crippen molar-refractivity contribution in [3.05, 3.63) is 0 Å². The molecule has 1 heterocycles. The van der Waals surface area contributed by atoms with Crippen LogP contribution < -0.4 is 0 Å². The molecular formula is C14H27BrN2O. The highest BCUT2D eigenvalue weighted by molar-refractivity contribution is 9.09. The summed E-state index contributed by atoms with van der Waals surface area (Å²) in [5.41, 5.74) is 0. The van der Waals surface area contributed by atoms with E-state index in [0.717, 1.165) is 44.2 Å². The molecule has 1 saturated carbocycles. The highest BCUT2D eigenvalue weighted by Gasteiger charge is 2.25. The Morgan fingerprint density at radius 1 is 1.28 bits per heavy atom. The average Bonchev–Trinajstić information content (AvgIpc) is 2.39. The van der Waals surface area contributed by atoms with Gasteiger partial charge < -0.3 is 9.64 Å². The van der Waals surface area contributed by atoms with E-state index in [1.54, 1.807) is 0 Å². The molecule has 106 valence electrons. The number of ether oxygens (including phenoxy) is 1. The topological polar surface area (TPSA) is 15.7 Å². The molecule has 0 aromatic carbocycles. The van der Waals surface area contributed by atoms with Gasteiger partial charge >= 0.3 is 0 Å². The van der Waals surface area contributed by atoms with Gasteiger partial charge in [-0.3, -0.25) is 4.90 Å². The number of rotatable bonds is 5. The fraction of sp³-hybridized carbons (Fsp3) is 1.00. The number of morpholine rings is 1. The molecule has 2 aliphatic rings. The Kier molecular flexibility index (Phi) is 6.42. The molecule has 3 nitrogen and oxygen atoms in total. The quantitative estimate of drug-likeness (QED) is 0.724. The van der Waals surface area contributed by atoms with Crippen LogP contribution >= 0.6 is 15.9 Å². The Morgan fingerprint density at radius 3 is 2.72 bits per heavy atom. The van der Waals surface area contributed by atoms with E-state index in [-0.39, 0.29) is 0 Å². The summed E-state index contributed by atoms with van der Waals surface area (Å²) in [4.78, 5) is 5.05. The van der Waals surface area contributed by atoms with E-state index in [9.17, 15) is 0 Å². The van der Waals surface area contributed by atoms with Gasteiger partial charge in [-0.05, 0) is 19.9 Å². The van der Waals surface area contributed by atoms with Gasteiger partial charge in [0.25, 0.3) is 0 Å². The maximum Gasteiger partial charge on any atom is 0.0829 e. The Morgan fingerprint density at radius 2 is 2.06 bits per heavy atom. The smallest absolute Gasteiger partial charge is 0.0829 e. The zero-order chi connectivity index (χ0) is 12.8. The van der Waals surface area contributed by atoms with Gasteiger partial charge in [0.05, 0.1) is 12.7 Å². The van der Waals surface area contributed by atoms with E-state index in [2.05, 4.69) is 32.8 Å². The molecule has 0 radical (unpaired) electrons. The average molecular weight is 319 g/mol. The van der Waals surface area contributed by atoms with E-state index in [0.29, 0.717) is 6.10 Å². The minimum absolute atomic E-state index is 0.407. The van der Waals surface area contributed by atoms with Crippen LogP contribution in [-0.4, -0.2) is 67.1 Å². The Bertz CT molecular complexity index is 234. The number of nitrogens with zero attached hydrogens (tertiary/aromatic N) is 2. The van der Waals surface area contributed by atoms with Crippen molar-refractivity contribution < 1.29 is 4.74 Å². The van der Waals surface area contributed by atoms with E-state index >= 15 is 0 Å². The van der Waals surface area contributed by atoms with Crippen molar-refractivity contribution >= 4 is 15.9 Å². The number of hydrogen-bond donors (Lipinski definition) is 0. The number of hydrogen-bond acceptors (Lipinski definition) is 3. The van der Waals surface area contributed by atoms with Gasteiger partial charge in [0.15, 0.2) is 0 Å².